The molecule has 0 aromatic carbocycles. The molecule has 4 nitrogen and oxygen atoms in total. The van der Waals surface area contributed by atoms with Crippen LogP contribution in [0.5, 0.6) is 0 Å². The molecule has 0 radical (unpaired) electrons. The lowest BCUT2D eigenvalue weighted by Gasteiger charge is -2.14. The van der Waals surface area contributed by atoms with E-state index >= 15 is 0 Å². The molecule has 11 heavy (non-hydrogen) atoms. The highest BCUT2D eigenvalue weighted by Gasteiger charge is 2.22. The van der Waals surface area contributed by atoms with E-state index in [9.17, 15) is 4.57 Å². The van der Waals surface area contributed by atoms with Crippen LogP contribution in [0.2, 0.25) is 0 Å². The van der Waals surface area contributed by atoms with Crippen LogP contribution in [0.4, 0.5) is 0 Å². The third kappa shape index (κ3) is 5.65. The van der Waals surface area contributed by atoms with Crippen molar-refractivity contribution in [2.24, 2.45) is 0 Å². The van der Waals surface area contributed by atoms with Gasteiger partial charge in [-0.05, 0) is 13.8 Å². The van der Waals surface area contributed by atoms with Crippen molar-refractivity contribution in [1.82, 2.24) is 0 Å². The van der Waals surface area contributed by atoms with Crippen molar-refractivity contribution >= 4 is 19.4 Å². The van der Waals surface area contributed by atoms with E-state index in [4.69, 9.17) is 16.5 Å². The van der Waals surface area contributed by atoms with Crippen LogP contribution in [-0.4, -0.2) is 23.5 Å². The maximum atomic E-state index is 10.8. The third-order valence-corrected chi connectivity index (χ3v) is 2.47. The van der Waals surface area contributed by atoms with Crippen molar-refractivity contribution in [2.75, 3.05) is 12.5 Å². The fourth-order valence-corrected chi connectivity index (χ4v) is 1.52. The molecule has 0 rings (SSSR count). The topological polar surface area (TPSA) is 55.8 Å². The third-order valence-electron chi connectivity index (χ3n) is 0.823. The number of rotatable bonds is 5. The van der Waals surface area contributed by atoms with Crippen molar-refractivity contribution in [3.63, 3.8) is 0 Å². The highest BCUT2D eigenvalue weighted by Crippen LogP contribution is 2.44. The van der Waals surface area contributed by atoms with Crippen LogP contribution in [-0.2, 0) is 13.6 Å². The minimum absolute atomic E-state index is 0.142. The second-order valence-corrected chi connectivity index (χ2v) is 3.67. The Hall–Kier alpha value is 0.400. The van der Waals surface area contributed by atoms with Gasteiger partial charge in [0.05, 0.1) is 12.7 Å². The molecule has 6 heteroatoms. The Balaban J connectivity index is 3.81. The zero-order chi connectivity index (χ0) is 8.91. The van der Waals surface area contributed by atoms with E-state index in [1.54, 1.807) is 13.8 Å². The standard InChI is InChI=1S/C5H12ClO4P/c1-3-9-11(7,8)10-5(2)4-6/h5H,3-4H2,1-2H3,(H,7,8). The molecule has 0 spiro atoms. The van der Waals surface area contributed by atoms with Gasteiger partial charge in [-0.1, -0.05) is 0 Å². The van der Waals surface area contributed by atoms with Gasteiger partial charge in [0.25, 0.3) is 0 Å². The molecular weight excluding hydrogens is 190 g/mol. The second kappa shape index (κ2) is 5.12. The van der Waals surface area contributed by atoms with Crippen LogP contribution < -0.4 is 0 Å². The Kier molecular flexibility index (Phi) is 5.30. The summed E-state index contributed by atoms with van der Waals surface area (Å²) in [6.07, 6.45) is -0.473. The van der Waals surface area contributed by atoms with Crippen molar-refractivity contribution < 1.29 is 18.5 Å². The first-order valence-corrected chi connectivity index (χ1v) is 5.26. The van der Waals surface area contributed by atoms with E-state index in [0.717, 1.165) is 0 Å². The maximum Gasteiger partial charge on any atom is 0.472 e. The molecular formula is C5H12ClO4P. The number of alkyl halides is 1. The second-order valence-electron chi connectivity index (χ2n) is 1.96. The molecule has 0 aliphatic heterocycles. The molecule has 0 aromatic rings. The quantitative estimate of drug-likeness (QED) is 0.545. The average Bonchev–Trinajstić information content (AvgIpc) is 1.86. The lowest BCUT2D eigenvalue weighted by molar-refractivity contribution is 0.126. The van der Waals surface area contributed by atoms with Crippen LogP contribution in [0, 0.1) is 0 Å². The molecule has 0 saturated carbocycles. The summed E-state index contributed by atoms with van der Waals surface area (Å²) in [5.74, 6) is 0.164. The van der Waals surface area contributed by atoms with Gasteiger partial charge in [0.2, 0.25) is 0 Å². The largest absolute Gasteiger partial charge is 0.472 e. The van der Waals surface area contributed by atoms with Crippen molar-refractivity contribution in [3.8, 4) is 0 Å². The van der Waals surface area contributed by atoms with Crippen molar-refractivity contribution in [2.45, 2.75) is 20.0 Å². The summed E-state index contributed by atoms with van der Waals surface area (Å²) in [5.41, 5.74) is 0. The number of hydrogen-bond donors (Lipinski definition) is 1. The number of phosphoric ester groups is 1. The van der Waals surface area contributed by atoms with Gasteiger partial charge in [0.1, 0.15) is 0 Å². The van der Waals surface area contributed by atoms with E-state index in [1.807, 2.05) is 0 Å². The van der Waals surface area contributed by atoms with Crippen LogP contribution in [0.15, 0.2) is 0 Å². The fourth-order valence-electron chi connectivity index (χ4n) is 0.449. The van der Waals surface area contributed by atoms with Crippen molar-refractivity contribution in [3.05, 3.63) is 0 Å². The fraction of sp³-hybridized carbons (Fsp3) is 1.00. The molecule has 0 bridgehead atoms. The normalized spacial score (nSPS) is 19.3. The molecule has 68 valence electrons. The summed E-state index contributed by atoms with van der Waals surface area (Å²) in [6, 6.07) is 0. The molecule has 2 atom stereocenters. The highest BCUT2D eigenvalue weighted by atomic mass is 35.5. The molecule has 1 N–H and O–H groups in total. The van der Waals surface area contributed by atoms with Gasteiger partial charge < -0.3 is 4.89 Å². The minimum atomic E-state index is -3.85. The summed E-state index contributed by atoms with van der Waals surface area (Å²) in [7, 11) is -3.85. The zero-order valence-electron chi connectivity index (χ0n) is 6.49. The van der Waals surface area contributed by atoms with Gasteiger partial charge in [0, 0.05) is 5.88 Å². The molecule has 0 amide bonds. The Morgan fingerprint density at radius 3 is 2.64 bits per heavy atom. The molecule has 0 fully saturated rings. The average molecular weight is 203 g/mol. The van der Waals surface area contributed by atoms with Gasteiger partial charge in [-0.25, -0.2) is 4.57 Å². The summed E-state index contributed by atoms with van der Waals surface area (Å²) in [5, 5.41) is 0. The van der Waals surface area contributed by atoms with Crippen molar-refractivity contribution in [1.29, 1.82) is 0 Å². The van der Waals surface area contributed by atoms with E-state index in [0.29, 0.717) is 0 Å². The first-order chi connectivity index (χ1) is 5.02. The van der Waals surface area contributed by atoms with E-state index in [-0.39, 0.29) is 12.5 Å². The monoisotopic (exact) mass is 202 g/mol. The van der Waals surface area contributed by atoms with Gasteiger partial charge >= 0.3 is 7.82 Å². The first-order valence-electron chi connectivity index (χ1n) is 3.23. The van der Waals surface area contributed by atoms with Crippen LogP contribution in [0.3, 0.4) is 0 Å². The van der Waals surface area contributed by atoms with Gasteiger partial charge in [-0.3, -0.25) is 9.05 Å². The molecule has 2 unspecified atom stereocenters. The summed E-state index contributed by atoms with van der Waals surface area (Å²) in [4.78, 5) is 8.87. The number of halogens is 1. The Morgan fingerprint density at radius 2 is 2.27 bits per heavy atom. The molecule has 0 heterocycles. The maximum absolute atomic E-state index is 10.8. The number of hydrogen-bond acceptors (Lipinski definition) is 3. The molecule has 0 aromatic heterocycles. The van der Waals surface area contributed by atoms with E-state index in [2.05, 4.69) is 9.05 Å². The SMILES string of the molecule is CCOP(=O)(O)OC(C)CCl. The lowest BCUT2D eigenvalue weighted by atomic mass is 10.5. The molecule has 0 aliphatic rings. The Labute approximate surface area is 71.1 Å². The first kappa shape index (κ1) is 11.4. The summed E-state index contributed by atoms with van der Waals surface area (Å²) < 4.78 is 19.9. The predicted octanol–water partition coefficient (Wildman–Crippen LogP) is 1.77. The molecule has 0 aliphatic carbocycles. The van der Waals surface area contributed by atoms with E-state index in [1.165, 1.54) is 0 Å². The predicted molar refractivity (Wildman–Crippen MR) is 42.7 cm³/mol. The van der Waals surface area contributed by atoms with Crippen LogP contribution in [0.1, 0.15) is 13.8 Å². The Morgan fingerprint density at radius 1 is 1.73 bits per heavy atom. The minimum Gasteiger partial charge on any atom is -0.302 e. The van der Waals surface area contributed by atoms with Gasteiger partial charge in [-0.2, -0.15) is 0 Å². The lowest BCUT2D eigenvalue weighted by Crippen LogP contribution is -2.08. The van der Waals surface area contributed by atoms with E-state index < -0.39 is 13.9 Å². The van der Waals surface area contributed by atoms with Crippen LogP contribution >= 0.6 is 19.4 Å². The summed E-state index contributed by atoms with van der Waals surface area (Å²) >= 11 is 5.35. The smallest absolute Gasteiger partial charge is 0.302 e. The summed E-state index contributed by atoms with van der Waals surface area (Å²) in [6.45, 7) is 3.34. The number of phosphoric acid groups is 1. The Bertz CT molecular complexity index is 151. The van der Waals surface area contributed by atoms with Crippen LogP contribution in [0.25, 0.3) is 0 Å². The molecule has 0 saturated heterocycles. The zero-order valence-corrected chi connectivity index (χ0v) is 8.14. The highest BCUT2D eigenvalue weighted by molar-refractivity contribution is 7.47. The van der Waals surface area contributed by atoms with Gasteiger partial charge in [0.15, 0.2) is 0 Å². The van der Waals surface area contributed by atoms with Gasteiger partial charge in [-0.15, -0.1) is 11.6 Å².